The highest BCUT2D eigenvalue weighted by Crippen LogP contribution is 2.30. The Kier molecular flexibility index (Phi) is 48.8. The predicted octanol–water partition coefficient (Wildman–Crippen LogP) is 12.6. The van der Waals surface area contributed by atoms with Crippen LogP contribution in [0.5, 0.6) is 0 Å². The molecule has 12 atom stereocenters. The van der Waals surface area contributed by atoms with E-state index in [2.05, 4.69) is 129 Å². The van der Waals surface area contributed by atoms with E-state index in [0.29, 0.717) is 6.42 Å². The number of nitrogens with one attached hydrogen (secondary N) is 1. The van der Waals surface area contributed by atoms with Crippen LogP contribution in [0.3, 0.4) is 0 Å². The van der Waals surface area contributed by atoms with E-state index in [0.717, 1.165) is 103 Å². The lowest BCUT2D eigenvalue weighted by atomic mass is 9.97. The van der Waals surface area contributed by atoms with Gasteiger partial charge in [-0.2, -0.15) is 0 Å². The number of unbranched alkanes of at least 4 members (excludes halogenated alkanes) is 20. The molecule has 0 spiro atoms. The average molecular weight is 1180 g/mol. The minimum absolute atomic E-state index is 0.251. The number of aliphatic hydroxyl groups excluding tert-OH is 8. The number of rotatable bonds is 51. The van der Waals surface area contributed by atoms with Crippen LogP contribution in [0.1, 0.15) is 219 Å². The second-order valence-corrected chi connectivity index (χ2v) is 22.5. The summed E-state index contributed by atoms with van der Waals surface area (Å²) in [4.78, 5) is 13.3. The number of allylic oxidation sites excluding steroid dienone is 19. The second kappa shape index (κ2) is 53.6. The normalized spacial score (nSPS) is 24.5. The fourth-order valence-corrected chi connectivity index (χ4v) is 9.93. The van der Waals surface area contributed by atoms with Gasteiger partial charge in [0.2, 0.25) is 5.91 Å². The summed E-state index contributed by atoms with van der Waals surface area (Å²) in [5.74, 6) is -0.251. The average Bonchev–Trinajstić information content (AvgIpc) is 2.58. The Morgan fingerprint density at radius 1 is 0.440 bits per heavy atom. The largest absolute Gasteiger partial charge is 0.394 e. The van der Waals surface area contributed by atoms with Crippen molar-refractivity contribution in [3.63, 3.8) is 0 Å². The molecular formula is C70H117NO13. The highest BCUT2D eigenvalue weighted by molar-refractivity contribution is 5.76. The summed E-state index contributed by atoms with van der Waals surface area (Å²) in [5, 5.41) is 87.1. The fourth-order valence-electron chi connectivity index (χ4n) is 9.93. The molecule has 14 heteroatoms. The van der Waals surface area contributed by atoms with Gasteiger partial charge in [0.25, 0.3) is 0 Å². The molecule has 1 amide bonds. The van der Waals surface area contributed by atoms with Crippen molar-refractivity contribution in [2.75, 3.05) is 19.8 Å². The lowest BCUT2D eigenvalue weighted by Gasteiger charge is -2.46. The van der Waals surface area contributed by atoms with Gasteiger partial charge < -0.3 is 65.1 Å². The Hall–Kier alpha value is -3.61. The molecule has 2 aliphatic rings. The molecule has 9 N–H and O–H groups in total. The summed E-state index contributed by atoms with van der Waals surface area (Å²) in [6.07, 6.45) is 61.0. The molecule has 2 heterocycles. The minimum atomic E-state index is -1.79. The fraction of sp³-hybridized carbons (Fsp3) is 0.700. The van der Waals surface area contributed by atoms with Gasteiger partial charge in [0, 0.05) is 6.42 Å². The Labute approximate surface area is 508 Å². The monoisotopic (exact) mass is 1180 g/mol. The first-order valence-corrected chi connectivity index (χ1v) is 32.8. The molecule has 0 aromatic rings. The Morgan fingerprint density at radius 2 is 0.821 bits per heavy atom. The topological polar surface area (TPSA) is 228 Å². The highest BCUT2D eigenvalue weighted by atomic mass is 16.7. The molecule has 0 aliphatic carbocycles. The summed E-state index contributed by atoms with van der Waals surface area (Å²) in [6.45, 7) is 2.66. The highest BCUT2D eigenvalue weighted by Gasteiger charge is 2.51. The van der Waals surface area contributed by atoms with Gasteiger partial charge in [-0.15, -0.1) is 0 Å². The number of carbonyl (C=O) groups excluding carboxylic acids is 1. The molecule has 0 aromatic carbocycles. The summed E-state index contributed by atoms with van der Waals surface area (Å²) in [6, 6.07) is -0.925. The van der Waals surface area contributed by atoms with Crippen molar-refractivity contribution in [2.24, 2.45) is 0 Å². The molecule has 2 aliphatic heterocycles. The summed E-state index contributed by atoms with van der Waals surface area (Å²) in [7, 11) is 0. The lowest BCUT2D eigenvalue weighted by molar-refractivity contribution is -0.359. The van der Waals surface area contributed by atoms with Crippen LogP contribution < -0.4 is 5.32 Å². The quantitative estimate of drug-likeness (QED) is 0.0204. The number of hydrogen-bond donors (Lipinski definition) is 9. The third-order valence-corrected chi connectivity index (χ3v) is 15.2. The lowest BCUT2D eigenvalue weighted by Crippen LogP contribution is -2.65. The standard InChI is InChI=1S/C70H117NO13/c1-3-5-7-9-11-13-15-17-18-19-20-21-22-23-24-25-26-27-28-29-30-31-32-33-34-35-36-37-38-39-40-42-44-46-48-50-52-54-62(75)71-58(59(74)53-51-49-47-45-43-41-16-14-12-10-8-6-4-2)57-81-69-67(80)65(78)68(61(56-73)83-69)84-70-66(79)64(77)63(76)60(55-72)82-70/h5,7,11,13,17-18,20-21,23-24,26-27,29-30,32-33,35-36,51,53,58-61,63-70,72-74,76-80H,3-4,6,8-10,12,14-16,19,22,25,28,31,34,37-50,52,54-57H2,1-2H3,(H,71,75)/b7-5-,13-11-,18-17-,21-20-,24-23-,27-26-,30-29-,33-32-,36-35-,53-51+. The Morgan fingerprint density at radius 3 is 1.26 bits per heavy atom. The number of ether oxygens (including phenoxy) is 4. The van der Waals surface area contributed by atoms with E-state index >= 15 is 0 Å². The van der Waals surface area contributed by atoms with Crippen LogP contribution in [0.25, 0.3) is 0 Å². The van der Waals surface area contributed by atoms with E-state index in [1.165, 1.54) is 89.9 Å². The summed E-state index contributed by atoms with van der Waals surface area (Å²) in [5.41, 5.74) is 0. The second-order valence-electron chi connectivity index (χ2n) is 22.5. The van der Waals surface area contributed by atoms with Crippen molar-refractivity contribution in [1.29, 1.82) is 0 Å². The van der Waals surface area contributed by atoms with Gasteiger partial charge in [-0.25, -0.2) is 0 Å². The predicted molar refractivity (Wildman–Crippen MR) is 341 cm³/mol. The first-order chi connectivity index (χ1) is 41.1. The van der Waals surface area contributed by atoms with Crippen LogP contribution >= 0.6 is 0 Å². The van der Waals surface area contributed by atoms with Gasteiger partial charge in [0.15, 0.2) is 12.6 Å². The van der Waals surface area contributed by atoms with Crippen molar-refractivity contribution in [2.45, 2.75) is 293 Å². The van der Waals surface area contributed by atoms with E-state index < -0.39 is 86.8 Å². The third-order valence-electron chi connectivity index (χ3n) is 15.2. The van der Waals surface area contributed by atoms with E-state index in [1.54, 1.807) is 6.08 Å². The molecule has 0 radical (unpaired) electrons. The number of carbonyl (C=O) groups is 1. The van der Waals surface area contributed by atoms with Gasteiger partial charge in [-0.1, -0.05) is 245 Å². The molecule has 2 rings (SSSR count). The van der Waals surface area contributed by atoms with E-state index in [1.807, 2.05) is 6.08 Å². The summed E-state index contributed by atoms with van der Waals surface area (Å²) < 4.78 is 22.8. The van der Waals surface area contributed by atoms with Gasteiger partial charge in [-0.3, -0.25) is 4.79 Å². The zero-order valence-corrected chi connectivity index (χ0v) is 51.8. The number of hydrogen-bond acceptors (Lipinski definition) is 13. The maximum Gasteiger partial charge on any atom is 0.220 e. The van der Waals surface area contributed by atoms with Crippen LogP contribution in [0.15, 0.2) is 122 Å². The number of amides is 1. The van der Waals surface area contributed by atoms with Crippen LogP contribution in [-0.2, 0) is 23.7 Å². The first kappa shape index (κ1) is 76.5. The Balaban J connectivity index is 1.64. The molecular weight excluding hydrogens is 1060 g/mol. The molecule has 0 aromatic heterocycles. The zero-order valence-electron chi connectivity index (χ0n) is 51.8. The molecule has 2 fully saturated rings. The number of aliphatic hydroxyl groups is 8. The van der Waals surface area contributed by atoms with Crippen molar-refractivity contribution in [1.82, 2.24) is 5.32 Å². The maximum atomic E-state index is 13.3. The van der Waals surface area contributed by atoms with Crippen molar-refractivity contribution < 1.29 is 64.6 Å². The molecule has 12 unspecified atom stereocenters. The molecule has 14 nitrogen and oxygen atoms in total. The van der Waals surface area contributed by atoms with Gasteiger partial charge in [-0.05, 0) is 89.9 Å². The Bertz CT molecular complexity index is 1870. The minimum Gasteiger partial charge on any atom is -0.394 e. The molecule has 0 saturated carbocycles. The van der Waals surface area contributed by atoms with Gasteiger partial charge in [0.1, 0.15) is 48.8 Å². The smallest absolute Gasteiger partial charge is 0.220 e. The first-order valence-electron chi connectivity index (χ1n) is 32.8. The zero-order chi connectivity index (χ0) is 60.9. The van der Waals surface area contributed by atoms with Crippen molar-refractivity contribution in [3.05, 3.63) is 122 Å². The molecule has 2 saturated heterocycles. The van der Waals surface area contributed by atoms with Crippen molar-refractivity contribution >= 4 is 5.91 Å². The van der Waals surface area contributed by atoms with E-state index in [9.17, 15) is 45.6 Å². The van der Waals surface area contributed by atoms with Gasteiger partial charge in [0.05, 0.1) is 32.0 Å². The summed E-state index contributed by atoms with van der Waals surface area (Å²) >= 11 is 0. The third kappa shape index (κ3) is 37.8. The molecule has 84 heavy (non-hydrogen) atoms. The van der Waals surface area contributed by atoms with E-state index in [-0.39, 0.29) is 18.9 Å². The van der Waals surface area contributed by atoms with Crippen LogP contribution in [-0.4, -0.2) is 140 Å². The van der Waals surface area contributed by atoms with Crippen LogP contribution in [0, 0.1) is 0 Å². The van der Waals surface area contributed by atoms with Crippen molar-refractivity contribution in [3.8, 4) is 0 Å². The molecule has 0 bridgehead atoms. The van der Waals surface area contributed by atoms with E-state index in [4.69, 9.17) is 18.9 Å². The van der Waals surface area contributed by atoms with Gasteiger partial charge >= 0.3 is 0 Å². The molecule has 480 valence electrons. The maximum absolute atomic E-state index is 13.3. The van der Waals surface area contributed by atoms with Crippen LogP contribution in [0.2, 0.25) is 0 Å². The van der Waals surface area contributed by atoms with Crippen LogP contribution in [0.4, 0.5) is 0 Å². The SMILES string of the molecule is CC/C=C\C/C=C\C/C=C\C/C=C\C/C=C\C/C=C\C/C=C\C/C=C\C/C=C\CCCCCCCCCCCC(=O)NC(COC1OC(CO)C(OC2OC(CO)C(O)C(O)C2O)C(O)C1O)C(O)/C=C/CCCCCCCCCCCCC.